The molecular formula is C18H21N3O5S. The minimum absolute atomic E-state index is 0.0318. The van der Waals surface area contributed by atoms with Crippen LogP contribution in [-0.2, 0) is 10.0 Å². The fourth-order valence-electron chi connectivity index (χ4n) is 3.46. The summed E-state index contributed by atoms with van der Waals surface area (Å²) in [5, 5.41) is 11.1. The van der Waals surface area contributed by atoms with Crippen LogP contribution < -0.4 is 10.5 Å². The van der Waals surface area contributed by atoms with E-state index in [1.807, 2.05) is 30.3 Å². The largest absolute Gasteiger partial charge is 0.495 e. The van der Waals surface area contributed by atoms with Crippen LogP contribution in [0.4, 0.5) is 5.69 Å². The normalized spacial score (nSPS) is 20.5. The predicted molar refractivity (Wildman–Crippen MR) is 100 cm³/mol. The summed E-state index contributed by atoms with van der Waals surface area (Å²) in [6.07, 6.45) is 0. The molecule has 9 heteroatoms. The lowest BCUT2D eigenvalue weighted by Crippen LogP contribution is -2.30. The van der Waals surface area contributed by atoms with Crippen molar-refractivity contribution in [2.24, 2.45) is 11.7 Å². The van der Waals surface area contributed by atoms with Crippen molar-refractivity contribution in [1.82, 2.24) is 4.31 Å². The minimum Gasteiger partial charge on any atom is -0.495 e. The van der Waals surface area contributed by atoms with Crippen LogP contribution in [0, 0.1) is 16.0 Å². The molecule has 3 rings (SSSR count). The number of nitrogens with two attached hydrogens (primary N) is 1. The zero-order valence-corrected chi connectivity index (χ0v) is 15.6. The Bertz CT molecular complexity index is 933. The maximum atomic E-state index is 13.2. The van der Waals surface area contributed by atoms with Gasteiger partial charge in [0.2, 0.25) is 10.0 Å². The van der Waals surface area contributed by atoms with Crippen LogP contribution in [0.5, 0.6) is 5.75 Å². The number of benzene rings is 2. The van der Waals surface area contributed by atoms with E-state index in [0.717, 1.165) is 11.6 Å². The second-order valence-corrected chi connectivity index (χ2v) is 8.33. The van der Waals surface area contributed by atoms with Crippen molar-refractivity contribution >= 4 is 15.7 Å². The van der Waals surface area contributed by atoms with E-state index in [2.05, 4.69) is 0 Å². The molecule has 2 atom stereocenters. The molecule has 0 aliphatic carbocycles. The molecular weight excluding hydrogens is 370 g/mol. The number of methoxy groups -OCH3 is 1. The van der Waals surface area contributed by atoms with Gasteiger partial charge < -0.3 is 10.5 Å². The van der Waals surface area contributed by atoms with Crippen LogP contribution in [0.15, 0.2) is 53.4 Å². The molecule has 0 aromatic heterocycles. The maximum absolute atomic E-state index is 13.2. The van der Waals surface area contributed by atoms with Gasteiger partial charge in [-0.05, 0) is 24.1 Å². The van der Waals surface area contributed by atoms with Gasteiger partial charge in [-0.1, -0.05) is 30.3 Å². The number of ether oxygens (including phenoxy) is 1. The van der Waals surface area contributed by atoms with Gasteiger partial charge >= 0.3 is 0 Å². The van der Waals surface area contributed by atoms with E-state index in [-0.39, 0.29) is 41.3 Å². The SMILES string of the molecule is COc1ccc([N+](=O)[O-])cc1S(=O)(=O)N1C[C@@H](CN)[C@H](c2ccccc2)C1. The number of nitro benzene ring substituents is 1. The molecule has 1 aliphatic rings. The molecule has 0 radical (unpaired) electrons. The Morgan fingerprint density at radius 1 is 1.22 bits per heavy atom. The second kappa shape index (κ2) is 7.63. The molecule has 1 heterocycles. The van der Waals surface area contributed by atoms with E-state index in [9.17, 15) is 18.5 Å². The van der Waals surface area contributed by atoms with Crippen molar-refractivity contribution in [3.63, 3.8) is 0 Å². The van der Waals surface area contributed by atoms with Gasteiger partial charge in [0.25, 0.3) is 5.69 Å². The molecule has 2 N–H and O–H groups in total. The zero-order chi connectivity index (χ0) is 19.6. The molecule has 0 saturated carbocycles. The minimum atomic E-state index is -3.97. The molecule has 8 nitrogen and oxygen atoms in total. The fourth-order valence-corrected chi connectivity index (χ4v) is 5.16. The summed E-state index contributed by atoms with van der Waals surface area (Å²) in [5.41, 5.74) is 6.61. The van der Waals surface area contributed by atoms with Crippen LogP contribution in [0.3, 0.4) is 0 Å². The smallest absolute Gasteiger partial charge is 0.271 e. The number of rotatable bonds is 6. The molecule has 2 aromatic carbocycles. The molecule has 2 aromatic rings. The van der Waals surface area contributed by atoms with Gasteiger partial charge in [-0.3, -0.25) is 10.1 Å². The van der Waals surface area contributed by atoms with Gasteiger partial charge in [-0.2, -0.15) is 4.31 Å². The number of sulfonamides is 1. The third kappa shape index (κ3) is 3.66. The highest BCUT2D eigenvalue weighted by molar-refractivity contribution is 7.89. The van der Waals surface area contributed by atoms with E-state index in [1.54, 1.807) is 0 Å². The summed E-state index contributed by atoms with van der Waals surface area (Å²) < 4.78 is 32.9. The molecule has 0 spiro atoms. The third-order valence-corrected chi connectivity index (χ3v) is 6.77. The van der Waals surface area contributed by atoms with Crippen molar-refractivity contribution in [2.45, 2.75) is 10.8 Å². The molecule has 0 unspecified atom stereocenters. The van der Waals surface area contributed by atoms with E-state index < -0.39 is 14.9 Å². The Kier molecular flexibility index (Phi) is 5.45. The Balaban J connectivity index is 1.98. The van der Waals surface area contributed by atoms with Gasteiger partial charge in [0.05, 0.1) is 12.0 Å². The molecule has 1 saturated heterocycles. The van der Waals surface area contributed by atoms with Gasteiger partial charge in [0.1, 0.15) is 10.6 Å². The van der Waals surface area contributed by atoms with Gasteiger partial charge in [0, 0.05) is 31.1 Å². The maximum Gasteiger partial charge on any atom is 0.271 e. The van der Waals surface area contributed by atoms with E-state index in [0.29, 0.717) is 6.54 Å². The Labute approximate surface area is 157 Å². The van der Waals surface area contributed by atoms with Gasteiger partial charge in [-0.25, -0.2) is 8.42 Å². The number of nitro groups is 1. The number of nitrogens with zero attached hydrogens (tertiary/aromatic N) is 2. The summed E-state index contributed by atoms with van der Waals surface area (Å²) >= 11 is 0. The Hall–Kier alpha value is -2.49. The van der Waals surface area contributed by atoms with Crippen molar-refractivity contribution in [3.05, 3.63) is 64.2 Å². The van der Waals surface area contributed by atoms with Crippen molar-refractivity contribution in [3.8, 4) is 5.75 Å². The lowest BCUT2D eigenvalue weighted by molar-refractivity contribution is -0.385. The Morgan fingerprint density at radius 2 is 1.93 bits per heavy atom. The first-order valence-electron chi connectivity index (χ1n) is 8.46. The van der Waals surface area contributed by atoms with Gasteiger partial charge in [0.15, 0.2) is 0 Å². The monoisotopic (exact) mass is 391 g/mol. The standard InChI is InChI=1S/C18H21N3O5S/c1-26-17-8-7-15(21(22)23)9-18(17)27(24,25)20-11-14(10-19)16(12-20)13-5-3-2-4-6-13/h2-9,14,16H,10-12,19H2,1H3/t14-,16+/m1/s1. The number of hydrogen-bond donors (Lipinski definition) is 1. The quantitative estimate of drug-likeness (QED) is 0.594. The van der Waals surface area contributed by atoms with Crippen molar-refractivity contribution in [1.29, 1.82) is 0 Å². The van der Waals surface area contributed by atoms with E-state index in [1.165, 1.54) is 23.5 Å². The van der Waals surface area contributed by atoms with Crippen LogP contribution in [0.25, 0.3) is 0 Å². The fraction of sp³-hybridized carbons (Fsp3) is 0.333. The van der Waals surface area contributed by atoms with Crippen LogP contribution in [-0.4, -0.2) is 44.4 Å². The lowest BCUT2D eigenvalue weighted by Gasteiger charge is -2.18. The highest BCUT2D eigenvalue weighted by atomic mass is 32.2. The first kappa shape index (κ1) is 19.3. The average Bonchev–Trinajstić information content (AvgIpc) is 3.13. The zero-order valence-electron chi connectivity index (χ0n) is 14.8. The highest BCUT2D eigenvalue weighted by Gasteiger charge is 2.40. The number of non-ortho nitro benzene ring substituents is 1. The van der Waals surface area contributed by atoms with Crippen LogP contribution in [0.1, 0.15) is 11.5 Å². The second-order valence-electron chi connectivity index (χ2n) is 6.43. The average molecular weight is 391 g/mol. The highest BCUT2D eigenvalue weighted by Crippen LogP contribution is 2.38. The topological polar surface area (TPSA) is 116 Å². The van der Waals surface area contributed by atoms with Gasteiger partial charge in [-0.15, -0.1) is 0 Å². The molecule has 0 bridgehead atoms. The third-order valence-electron chi connectivity index (χ3n) is 4.91. The van der Waals surface area contributed by atoms with Crippen LogP contribution >= 0.6 is 0 Å². The van der Waals surface area contributed by atoms with E-state index in [4.69, 9.17) is 10.5 Å². The lowest BCUT2D eigenvalue weighted by atomic mass is 9.89. The summed E-state index contributed by atoms with van der Waals surface area (Å²) in [4.78, 5) is 10.2. The molecule has 1 fully saturated rings. The van der Waals surface area contributed by atoms with E-state index >= 15 is 0 Å². The summed E-state index contributed by atoms with van der Waals surface area (Å²) in [7, 11) is -2.64. The molecule has 1 aliphatic heterocycles. The predicted octanol–water partition coefficient (Wildman–Crippen LogP) is 1.97. The van der Waals surface area contributed by atoms with Crippen molar-refractivity contribution < 1.29 is 18.1 Å². The summed E-state index contributed by atoms with van der Waals surface area (Å²) in [6, 6.07) is 13.2. The van der Waals surface area contributed by atoms with Crippen LogP contribution in [0.2, 0.25) is 0 Å². The molecule has 27 heavy (non-hydrogen) atoms. The van der Waals surface area contributed by atoms with Crippen molar-refractivity contribution in [2.75, 3.05) is 26.7 Å². The Morgan fingerprint density at radius 3 is 2.52 bits per heavy atom. The summed E-state index contributed by atoms with van der Waals surface area (Å²) in [6.45, 7) is 0.863. The summed E-state index contributed by atoms with van der Waals surface area (Å²) in [5.74, 6) is 0.00981. The first-order chi connectivity index (χ1) is 12.9. The molecule has 144 valence electrons. The molecule has 0 amide bonds. The number of hydrogen-bond acceptors (Lipinski definition) is 6. The first-order valence-corrected chi connectivity index (χ1v) is 9.90.